The van der Waals surface area contributed by atoms with Crippen LogP contribution in [0.1, 0.15) is 33.1 Å². The van der Waals surface area contributed by atoms with Gasteiger partial charge >= 0.3 is 0 Å². The molecule has 0 aromatic heterocycles. The van der Waals surface area contributed by atoms with Crippen LogP contribution in [0.4, 0.5) is 0 Å². The molecule has 0 aliphatic heterocycles. The summed E-state index contributed by atoms with van der Waals surface area (Å²) in [6, 6.07) is 0. The minimum Gasteiger partial charge on any atom is -0.319 e. The Morgan fingerprint density at radius 3 is 2.77 bits per heavy atom. The molecule has 0 aromatic carbocycles. The number of hydrogen-bond acceptors (Lipinski definition) is 1. The summed E-state index contributed by atoms with van der Waals surface area (Å²) in [6.45, 7) is 9.54. The van der Waals surface area contributed by atoms with E-state index in [0.717, 1.165) is 6.54 Å². The first kappa shape index (κ1) is 10.5. The van der Waals surface area contributed by atoms with E-state index in [2.05, 4.69) is 31.8 Å². The molecule has 1 rings (SSSR count). The lowest BCUT2D eigenvalue weighted by molar-refractivity contribution is 0.333. The van der Waals surface area contributed by atoms with Gasteiger partial charge in [0.25, 0.3) is 0 Å². The third-order valence-corrected chi connectivity index (χ3v) is 3.41. The van der Waals surface area contributed by atoms with Gasteiger partial charge in [-0.25, -0.2) is 0 Å². The lowest BCUT2D eigenvalue weighted by Gasteiger charge is -2.30. The van der Waals surface area contributed by atoms with Gasteiger partial charge in [-0.2, -0.15) is 0 Å². The lowest BCUT2D eigenvalue weighted by Crippen LogP contribution is -2.31. The van der Waals surface area contributed by atoms with Crippen molar-refractivity contribution in [2.24, 2.45) is 5.41 Å². The van der Waals surface area contributed by atoms with Gasteiger partial charge in [-0.1, -0.05) is 25.2 Å². The molecule has 1 aliphatic carbocycles. The second-order valence-electron chi connectivity index (χ2n) is 4.06. The van der Waals surface area contributed by atoms with E-state index in [1.165, 1.54) is 30.4 Å². The van der Waals surface area contributed by atoms with Crippen molar-refractivity contribution >= 4 is 0 Å². The van der Waals surface area contributed by atoms with Gasteiger partial charge in [0.05, 0.1) is 0 Å². The van der Waals surface area contributed by atoms with Gasteiger partial charge in [0.2, 0.25) is 0 Å². The van der Waals surface area contributed by atoms with Gasteiger partial charge in [0.1, 0.15) is 0 Å². The molecule has 0 spiro atoms. The van der Waals surface area contributed by atoms with E-state index < -0.39 is 0 Å². The van der Waals surface area contributed by atoms with Crippen LogP contribution in [0.2, 0.25) is 0 Å². The van der Waals surface area contributed by atoms with Gasteiger partial charge in [-0.05, 0) is 38.8 Å². The first-order valence-corrected chi connectivity index (χ1v) is 5.17. The van der Waals surface area contributed by atoms with Crippen molar-refractivity contribution < 1.29 is 0 Å². The van der Waals surface area contributed by atoms with Crippen LogP contribution in [0, 0.1) is 5.41 Å². The van der Waals surface area contributed by atoms with Crippen molar-refractivity contribution in [3.05, 3.63) is 23.8 Å². The third kappa shape index (κ3) is 1.71. The monoisotopic (exact) mass is 179 g/mol. The smallest absolute Gasteiger partial charge is 0.00773 e. The van der Waals surface area contributed by atoms with E-state index in [0.29, 0.717) is 5.41 Å². The minimum absolute atomic E-state index is 0.376. The molecule has 0 aromatic rings. The fourth-order valence-corrected chi connectivity index (χ4v) is 2.55. The molecule has 0 saturated heterocycles. The highest BCUT2D eigenvalue weighted by Gasteiger charge is 2.35. The molecule has 0 fully saturated rings. The summed E-state index contributed by atoms with van der Waals surface area (Å²) in [7, 11) is 2.03. The van der Waals surface area contributed by atoms with Crippen LogP contribution in [0.25, 0.3) is 0 Å². The molecule has 1 nitrogen and oxygen atoms in total. The van der Waals surface area contributed by atoms with Crippen LogP contribution in [-0.2, 0) is 0 Å². The minimum atomic E-state index is 0.376. The van der Waals surface area contributed by atoms with E-state index >= 15 is 0 Å². The standard InChI is InChI=1S/C12H21N/c1-5-11-10(3)7-8-12(11,6-2)9-13-4/h5,13H,1,6-9H2,2-4H3. The molecule has 74 valence electrons. The van der Waals surface area contributed by atoms with Crippen LogP contribution >= 0.6 is 0 Å². The predicted octanol–water partition coefficient (Wildman–Crippen LogP) is 2.90. The van der Waals surface area contributed by atoms with Crippen molar-refractivity contribution in [2.75, 3.05) is 13.6 Å². The molecule has 1 atom stereocenters. The molecule has 13 heavy (non-hydrogen) atoms. The van der Waals surface area contributed by atoms with E-state index in [4.69, 9.17) is 0 Å². The molecular weight excluding hydrogens is 158 g/mol. The van der Waals surface area contributed by atoms with Gasteiger partial charge in [-0.15, -0.1) is 0 Å². The SMILES string of the molecule is C=CC1=C(C)CCC1(CC)CNC. The predicted molar refractivity (Wildman–Crippen MR) is 58.8 cm³/mol. The van der Waals surface area contributed by atoms with E-state index in [9.17, 15) is 0 Å². The van der Waals surface area contributed by atoms with Crippen molar-refractivity contribution in [3.8, 4) is 0 Å². The highest BCUT2D eigenvalue weighted by molar-refractivity contribution is 5.35. The van der Waals surface area contributed by atoms with Crippen molar-refractivity contribution in [2.45, 2.75) is 33.1 Å². The first-order valence-electron chi connectivity index (χ1n) is 5.17. The molecular formula is C12H21N. The quantitative estimate of drug-likeness (QED) is 0.699. The van der Waals surface area contributed by atoms with Gasteiger partial charge < -0.3 is 5.32 Å². The normalized spacial score (nSPS) is 28.2. The lowest BCUT2D eigenvalue weighted by atomic mass is 9.78. The zero-order chi connectivity index (χ0) is 9.90. The molecule has 0 amide bonds. The highest BCUT2D eigenvalue weighted by atomic mass is 14.8. The summed E-state index contributed by atoms with van der Waals surface area (Å²) in [5.41, 5.74) is 3.40. The maximum Gasteiger partial charge on any atom is 0.00773 e. The number of allylic oxidation sites excluding steroid dienone is 2. The van der Waals surface area contributed by atoms with Crippen LogP contribution in [-0.4, -0.2) is 13.6 Å². The fraction of sp³-hybridized carbons (Fsp3) is 0.667. The molecule has 1 heteroatoms. The Labute approximate surface area is 81.9 Å². The second kappa shape index (κ2) is 4.10. The summed E-state index contributed by atoms with van der Waals surface area (Å²) in [5.74, 6) is 0. The van der Waals surface area contributed by atoms with Crippen molar-refractivity contribution in [1.82, 2.24) is 5.32 Å². The maximum absolute atomic E-state index is 3.93. The third-order valence-electron chi connectivity index (χ3n) is 3.41. The topological polar surface area (TPSA) is 12.0 Å². The van der Waals surface area contributed by atoms with Crippen molar-refractivity contribution in [3.63, 3.8) is 0 Å². The van der Waals surface area contributed by atoms with E-state index in [1.807, 2.05) is 7.05 Å². The van der Waals surface area contributed by atoms with Crippen molar-refractivity contribution in [1.29, 1.82) is 0 Å². The van der Waals surface area contributed by atoms with Crippen LogP contribution in [0.5, 0.6) is 0 Å². The Morgan fingerprint density at radius 1 is 1.62 bits per heavy atom. The number of rotatable bonds is 4. The highest BCUT2D eigenvalue weighted by Crippen LogP contribution is 2.45. The second-order valence-corrected chi connectivity index (χ2v) is 4.06. The Morgan fingerprint density at radius 2 is 2.31 bits per heavy atom. The summed E-state index contributed by atoms with van der Waals surface area (Å²) in [4.78, 5) is 0. The average Bonchev–Trinajstić information content (AvgIpc) is 2.44. The first-order chi connectivity index (χ1) is 6.20. The number of nitrogens with one attached hydrogen (secondary N) is 1. The molecule has 1 aliphatic rings. The molecule has 1 N–H and O–H groups in total. The summed E-state index contributed by atoms with van der Waals surface area (Å²) in [5, 5.41) is 3.30. The zero-order valence-electron chi connectivity index (χ0n) is 9.11. The van der Waals surface area contributed by atoms with Gasteiger partial charge in [0, 0.05) is 12.0 Å². The van der Waals surface area contributed by atoms with E-state index in [-0.39, 0.29) is 0 Å². The Balaban J connectivity index is 2.94. The van der Waals surface area contributed by atoms with E-state index in [1.54, 1.807) is 0 Å². The van der Waals surface area contributed by atoms with Crippen LogP contribution in [0.15, 0.2) is 23.8 Å². The largest absolute Gasteiger partial charge is 0.319 e. The van der Waals surface area contributed by atoms with Crippen LogP contribution < -0.4 is 5.32 Å². The molecule has 0 heterocycles. The Kier molecular flexibility index (Phi) is 3.32. The summed E-state index contributed by atoms with van der Waals surface area (Å²) >= 11 is 0. The molecule has 0 radical (unpaired) electrons. The maximum atomic E-state index is 3.93. The average molecular weight is 179 g/mol. The molecule has 0 saturated carbocycles. The molecule has 1 unspecified atom stereocenters. The number of hydrogen-bond donors (Lipinski definition) is 1. The van der Waals surface area contributed by atoms with Crippen LogP contribution in [0.3, 0.4) is 0 Å². The molecule has 0 bridgehead atoms. The summed E-state index contributed by atoms with van der Waals surface area (Å²) < 4.78 is 0. The van der Waals surface area contributed by atoms with Gasteiger partial charge in [0.15, 0.2) is 0 Å². The Hall–Kier alpha value is -0.560. The zero-order valence-corrected chi connectivity index (χ0v) is 9.11. The Bertz CT molecular complexity index is 227. The summed E-state index contributed by atoms with van der Waals surface area (Å²) in [6.07, 6.45) is 5.81. The fourth-order valence-electron chi connectivity index (χ4n) is 2.55. The van der Waals surface area contributed by atoms with Gasteiger partial charge in [-0.3, -0.25) is 0 Å².